The lowest BCUT2D eigenvalue weighted by Crippen LogP contribution is -2.03. The first kappa shape index (κ1) is 24.0. The van der Waals surface area contributed by atoms with Crippen LogP contribution in [-0.4, -0.2) is 9.13 Å². The van der Waals surface area contributed by atoms with E-state index in [0.29, 0.717) is 11.1 Å². The fraction of sp³-hybridized carbons (Fsp3) is 0.0526. The van der Waals surface area contributed by atoms with Crippen molar-refractivity contribution in [1.82, 2.24) is 9.13 Å². The highest BCUT2D eigenvalue weighted by Crippen LogP contribution is 2.39. The van der Waals surface area contributed by atoms with Crippen molar-refractivity contribution in [1.29, 1.82) is 10.5 Å². The average molecular weight is 537 g/mol. The quantitative estimate of drug-likeness (QED) is 0.226. The molecule has 0 radical (unpaired) electrons. The van der Waals surface area contributed by atoms with Crippen LogP contribution < -0.4 is 0 Å². The van der Waals surface area contributed by atoms with Crippen molar-refractivity contribution in [2.45, 2.75) is 12.8 Å². The molecule has 0 atom stereocenters. The third-order valence-corrected chi connectivity index (χ3v) is 8.44. The Balaban J connectivity index is 1.51. The van der Waals surface area contributed by atoms with Gasteiger partial charge in [0.05, 0.1) is 39.8 Å². The first-order chi connectivity index (χ1) is 20.7. The molecular formula is C38H24N4. The third-order valence-electron chi connectivity index (χ3n) is 8.44. The molecule has 0 bridgehead atoms. The van der Waals surface area contributed by atoms with Crippen LogP contribution in [0.5, 0.6) is 0 Å². The lowest BCUT2D eigenvalue weighted by molar-refractivity contribution is 0.967. The number of benzene rings is 5. The van der Waals surface area contributed by atoms with Crippen LogP contribution in [0.1, 0.15) is 28.8 Å². The minimum Gasteiger partial charge on any atom is -0.309 e. The molecule has 1 aliphatic carbocycles. The molecule has 0 aliphatic heterocycles. The van der Waals surface area contributed by atoms with Gasteiger partial charge in [0.15, 0.2) is 0 Å². The van der Waals surface area contributed by atoms with Crippen LogP contribution in [0.2, 0.25) is 0 Å². The number of fused-ring (bicyclic) bond motifs is 6. The number of allylic oxidation sites excluding steroid dienone is 1. The van der Waals surface area contributed by atoms with E-state index >= 15 is 0 Å². The van der Waals surface area contributed by atoms with Crippen LogP contribution in [0.3, 0.4) is 0 Å². The zero-order chi connectivity index (χ0) is 28.2. The molecule has 0 unspecified atom stereocenters. The van der Waals surface area contributed by atoms with Gasteiger partial charge >= 0.3 is 0 Å². The molecule has 0 fully saturated rings. The van der Waals surface area contributed by atoms with E-state index < -0.39 is 0 Å². The van der Waals surface area contributed by atoms with Crippen LogP contribution in [0, 0.1) is 22.7 Å². The number of hydrogen-bond acceptors (Lipinski definition) is 2. The Morgan fingerprint density at radius 3 is 1.88 bits per heavy atom. The van der Waals surface area contributed by atoms with Gasteiger partial charge < -0.3 is 9.13 Å². The lowest BCUT2D eigenvalue weighted by atomic mass is 9.97. The SMILES string of the molecule is N#Cc1ccc(C#N)c(-c2cc(-n3c4c(c5ccccc53)CCC=C4)cc(-n3c4ccccc4c4ccccc43)c2)c1. The van der Waals surface area contributed by atoms with Crippen LogP contribution in [0.25, 0.3) is 61.3 Å². The maximum atomic E-state index is 10.1. The van der Waals surface area contributed by atoms with Gasteiger partial charge in [0, 0.05) is 38.8 Å². The van der Waals surface area contributed by atoms with Crippen molar-refractivity contribution in [3.8, 4) is 34.6 Å². The first-order valence-electron chi connectivity index (χ1n) is 14.1. The van der Waals surface area contributed by atoms with Crippen molar-refractivity contribution >= 4 is 38.8 Å². The van der Waals surface area contributed by atoms with E-state index in [1.807, 2.05) is 6.07 Å². The predicted octanol–water partition coefficient (Wildman–Crippen LogP) is 9.10. The maximum absolute atomic E-state index is 10.1. The van der Waals surface area contributed by atoms with E-state index in [2.05, 4.69) is 124 Å². The molecule has 0 saturated carbocycles. The molecule has 2 heterocycles. The van der Waals surface area contributed by atoms with E-state index in [4.69, 9.17) is 0 Å². The Labute approximate surface area is 243 Å². The number of nitriles is 2. The fourth-order valence-electron chi connectivity index (χ4n) is 6.62. The topological polar surface area (TPSA) is 57.4 Å². The summed E-state index contributed by atoms with van der Waals surface area (Å²) < 4.78 is 4.66. The van der Waals surface area contributed by atoms with Crippen molar-refractivity contribution in [2.75, 3.05) is 0 Å². The van der Waals surface area contributed by atoms with Crippen molar-refractivity contribution in [3.63, 3.8) is 0 Å². The summed E-state index contributed by atoms with van der Waals surface area (Å²) >= 11 is 0. The van der Waals surface area contributed by atoms with Gasteiger partial charge in [0.2, 0.25) is 0 Å². The highest BCUT2D eigenvalue weighted by Gasteiger charge is 2.21. The monoisotopic (exact) mass is 536 g/mol. The summed E-state index contributed by atoms with van der Waals surface area (Å²) in [4.78, 5) is 0. The van der Waals surface area contributed by atoms with Gasteiger partial charge in [-0.25, -0.2) is 0 Å². The molecule has 0 amide bonds. The maximum Gasteiger partial charge on any atom is 0.0998 e. The highest BCUT2D eigenvalue weighted by atomic mass is 15.0. The molecule has 5 aromatic carbocycles. The van der Waals surface area contributed by atoms with E-state index in [0.717, 1.165) is 51.9 Å². The van der Waals surface area contributed by atoms with Crippen LogP contribution >= 0.6 is 0 Å². The molecule has 4 heteroatoms. The second kappa shape index (κ2) is 9.37. The van der Waals surface area contributed by atoms with E-state index in [-0.39, 0.29) is 0 Å². The number of aromatic nitrogens is 2. The summed E-state index contributed by atoms with van der Waals surface area (Å²) in [5.41, 5.74) is 10.7. The molecule has 4 nitrogen and oxygen atoms in total. The highest BCUT2D eigenvalue weighted by molar-refractivity contribution is 6.09. The zero-order valence-electron chi connectivity index (χ0n) is 22.8. The van der Waals surface area contributed by atoms with Gasteiger partial charge in [-0.1, -0.05) is 60.7 Å². The van der Waals surface area contributed by atoms with E-state index in [1.54, 1.807) is 12.1 Å². The molecule has 1 aliphatic rings. The minimum atomic E-state index is 0.527. The molecular weight excluding hydrogens is 512 g/mol. The molecule has 0 spiro atoms. The van der Waals surface area contributed by atoms with Gasteiger partial charge in [-0.05, 0) is 84.6 Å². The molecule has 8 rings (SSSR count). The number of rotatable bonds is 3. The first-order valence-corrected chi connectivity index (χ1v) is 14.1. The van der Waals surface area contributed by atoms with Gasteiger partial charge in [-0.3, -0.25) is 0 Å². The molecule has 2 aromatic heterocycles. The van der Waals surface area contributed by atoms with Crippen molar-refractivity contribution < 1.29 is 0 Å². The Bertz CT molecular complexity index is 2280. The molecule has 0 saturated heterocycles. The Hall–Kier alpha value is -5.84. The van der Waals surface area contributed by atoms with E-state index in [9.17, 15) is 10.5 Å². The normalized spacial score (nSPS) is 12.4. The van der Waals surface area contributed by atoms with E-state index in [1.165, 1.54) is 27.4 Å². The van der Waals surface area contributed by atoms with Crippen LogP contribution in [0.15, 0.2) is 115 Å². The Morgan fingerprint density at radius 2 is 1.21 bits per heavy atom. The average Bonchev–Trinajstić information content (AvgIpc) is 3.57. The number of nitrogens with zero attached hydrogens (tertiary/aromatic N) is 4. The summed E-state index contributed by atoms with van der Waals surface area (Å²) in [7, 11) is 0. The van der Waals surface area contributed by atoms with Crippen molar-refractivity contribution in [3.05, 3.63) is 138 Å². The smallest absolute Gasteiger partial charge is 0.0998 e. The van der Waals surface area contributed by atoms with Gasteiger partial charge in [0.25, 0.3) is 0 Å². The largest absolute Gasteiger partial charge is 0.309 e. The van der Waals surface area contributed by atoms with Crippen LogP contribution in [-0.2, 0) is 6.42 Å². The molecule has 7 aromatic rings. The zero-order valence-corrected chi connectivity index (χ0v) is 22.8. The Kier molecular flexibility index (Phi) is 5.36. The number of para-hydroxylation sites is 3. The molecule has 42 heavy (non-hydrogen) atoms. The summed E-state index contributed by atoms with van der Waals surface area (Å²) in [6.07, 6.45) is 6.52. The van der Waals surface area contributed by atoms with Gasteiger partial charge in [-0.2, -0.15) is 10.5 Å². The second-order valence-electron chi connectivity index (χ2n) is 10.7. The van der Waals surface area contributed by atoms with Gasteiger partial charge in [-0.15, -0.1) is 0 Å². The molecule has 0 N–H and O–H groups in total. The summed E-state index contributed by atoms with van der Waals surface area (Å²) in [5, 5.41) is 23.5. The van der Waals surface area contributed by atoms with Crippen LogP contribution in [0.4, 0.5) is 0 Å². The molecule has 196 valence electrons. The van der Waals surface area contributed by atoms with Crippen molar-refractivity contribution in [2.24, 2.45) is 0 Å². The standard InChI is InChI=1S/C38H24N4/c39-23-25-17-18-26(24-40)34(19-25)27-20-28(41-35-13-5-1-9-30(35)31-10-2-6-14-36(31)41)22-29(21-27)42-37-15-7-3-11-32(37)33-12-4-8-16-38(33)42/h1-3,5-11,13-22H,4,12H2. The minimum absolute atomic E-state index is 0.527. The second-order valence-corrected chi connectivity index (χ2v) is 10.7. The van der Waals surface area contributed by atoms with Gasteiger partial charge in [0.1, 0.15) is 0 Å². The summed E-state index contributed by atoms with van der Waals surface area (Å²) in [6, 6.07) is 42.0. The fourth-order valence-corrected chi connectivity index (χ4v) is 6.62. The lowest BCUT2D eigenvalue weighted by Gasteiger charge is -2.17. The summed E-state index contributed by atoms with van der Waals surface area (Å²) in [5.74, 6) is 0. The predicted molar refractivity (Wildman–Crippen MR) is 170 cm³/mol. The Morgan fingerprint density at radius 1 is 0.595 bits per heavy atom. The summed E-state index contributed by atoms with van der Waals surface area (Å²) in [6.45, 7) is 0. The number of aryl methyl sites for hydroxylation is 1. The number of hydrogen-bond donors (Lipinski definition) is 0. The third kappa shape index (κ3) is 3.53.